The quantitative estimate of drug-likeness (QED) is 0.370. The van der Waals surface area contributed by atoms with E-state index >= 15 is 0 Å². The first kappa shape index (κ1) is 7.98. The highest BCUT2D eigenvalue weighted by molar-refractivity contribution is 5.40. The van der Waals surface area contributed by atoms with Crippen molar-refractivity contribution in [3.8, 4) is 5.75 Å². The molecular formula is C9H7NO3. The molecule has 1 aliphatic heterocycles. The largest absolute Gasteiger partial charge is 0.337 e. The van der Waals surface area contributed by atoms with Crippen LogP contribution in [0.15, 0.2) is 29.3 Å². The highest BCUT2D eigenvalue weighted by Gasteiger charge is 2.21. The Morgan fingerprint density at radius 3 is 3.15 bits per heavy atom. The zero-order valence-electron chi connectivity index (χ0n) is 6.77. The Hall–Kier alpha value is -1.64. The summed E-state index contributed by atoms with van der Waals surface area (Å²) in [7, 11) is 0. The van der Waals surface area contributed by atoms with Crippen LogP contribution in [0.25, 0.3) is 0 Å². The lowest BCUT2D eigenvalue weighted by atomic mass is 10.1. The lowest BCUT2D eigenvalue weighted by molar-refractivity contribution is -0.221. The molecule has 13 heavy (non-hydrogen) atoms. The van der Waals surface area contributed by atoms with Gasteiger partial charge in [0, 0.05) is 5.56 Å². The van der Waals surface area contributed by atoms with Crippen LogP contribution in [0.4, 0.5) is 0 Å². The number of isocyanates is 1. The van der Waals surface area contributed by atoms with E-state index in [-0.39, 0.29) is 12.6 Å². The fraction of sp³-hybridized carbons (Fsp3) is 0.222. The molecule has 0 bridgehead atoms. The summed E-state index contributed by atoms with van der Waals surface area (Å²) in [5, 5.41) is 0. The minimum absolute atomic E-state index is 0.256. The van der Waals surface area contributed by atoms with E-state index in [2.05, 4.69) is 4.99 Å². The van der Waals surface area contributed by atoms with Crippen molar-refractivity contribution in [2.24, 2.45) is 4.99 Å². The molecule has 1 aliphatic rings. The van der Waals surface area contributed by atoms with Crippen molar-refractivity contribution < 1.29 is 14.6 Å². The summed E-state index contributed by atoms with van der Waals surface area (Å²) in [6, 6.07) is 7.02. The normalized spacial score (nSPS) is 19.5. The lowest BCUT2D eigenvalue weighted by Gasteiger charge is -2.19. The van der Waals surface area contributed by atoms with E-state index in [0.717, 1.165) is 5.56 Å². The first-order chi connectivity index (χ1) is 6.42. The van der Waals surface area contributed by atoms with Crippen molar-refractivity contribution in [1.29, 1.82) is 0 Å². The Bertz CT molecular complexity index is 358. The second-order valence-corrected chi connectivity index (χ2v) is 2.64. The Kier molecular flexibility index (Phi) is 2.08. The number of carbonyl (C=O) groups excluding carboxylic acids is 1. The topological polar surface area (TPSA) is 47.9 Å². The molecule has 1 heterocycles. The molecule has 0 aliphatic carbocycles. The van der Waals surface area contributed by atoms with E-state index in [1.54, 1.807) is 6.07 Å². The molecule has 0 saturated heterocycles. The molecule has 0 aromatic heterocycles. The fourth-order valence-electron chi connectivity index (χ4n) is 1.25. The van der Waals surface area contributed by atoms with Crippen molar-refractivity contribution >= 4 is 6.08 Å². The molecule has 4 nitrogen and oxygen atoms in total. The van der Waals surface area contributed by atoms with Gasteiger partial charge in [-0.05, 0) is 6.07 Å². The van der Waals surface area contributed by atoms with Gasteiger partial charge in [-0.2, -0.15) is 9.88 Å². The van der Waals surface area contributed by atoms with Gasteiger partial charge in [-0.3, -0.25) is 0 Å². The van der Waals surface area contributed by atoms with E-state index in [1.165, 1.54) is 6.08 Å². The zero-order chi connectivity index (χ0) is 9.10. The third kappa shape index (κ3) is 1.45. The van der Waals surface area contributed by atoms with E-state index in [0.29, 0.717) is 5.75 Å². The molecule has 0 saturated carbocycles. The fourth-order valence-corrected chi connectivity index (χ4v) is 1.25. The minimum Gasteiger partial charge on any atom is -0.337 e. The monoisotopic (exact) mass is 177 g/mol. The summed E-state index contributed by atoms with van der Waals surface area (Å²) < 4.78 is 0. The van der Waals surface area contributed by atoms with Crippen LogP contribution in [0, 0.1) is 0 Å². The molecule has 1 aromatic rings. The van der Waals surface area contributed by atoms with Gasteiger partial charge in [0.25, 0.3) is 0 Å². The van der Waals surface area contributed by atoms with E-state index < -0.39 is 0 Å². The molecule has 0 radical (unpaired) electrons. The molecule has 0 fully saturated rings. The number of rotatable bonds is 1. The van der Waals surface area contributed by atoms with Crippen molar-refractivity contribution in [3.63, 3.8) is 0 Å². The predicted molar refractivity (Wildman–Crippen MR) is 43.9 cm³/mol. The SMILES string of the molecule is O=C=NC1COOc2ccccc21. The molecule has 0 amide bonds. The van der Waals surface area contributed by atoms with Crippen LogP contribution >= 0.6 is 0 Å². The van der Waals surface area contributed by atoms with E-state index in [1.807, 2.05) is 18.2 Å². The molecular weight excluding hydrogens is 170 g/mol. The number of aliphatic imine (C=N–C) groups is 1. The third-order valence-electron chi connectivity index (χ3n) is 1.86. The maximum absolute atomic E-state index is 10.1. The smallest absolute Gasteiger partial charge is 0.235 e. The number of hydrogen-bond donors (Lipinski definition) is 0. The standard InChI is InChI=1S/C9H7NO3/c11-6-10-8-5-12-13-9-4-2-1-3-7(8)9/h1-4,8H,5H2. The molecule has 1 aromatic carbocycles. The maximum Gasteiger partial charge on any atom is 0.235 e. The van der Waals surface area contributed by atoms with Crippen molar-refractivity contribution in [3.05, 3.63) is 29.8 Å². The highest BCUT2D eigenvalue weighted by Crippen LogP contribution is 2.31. The Balaban J connectivity index is 2.42. The van der Waals surface area contributed by atoms with Crippen LogP contribution in [0.1, 0.15) is 11.6 Å². The molecule has 0 spiro atoms. The summed E-state index contributed by atoms with van der Waals surface area (Å²) in [6.07, 6.45) is 1.52. The van der Waals surface area contributed by atoms with Crippen molar-refractivity contribution in [2.75, 3.05) is 6.61 Å². The molecule has 66 valence electrons. The van der Waals surface area contributed by atoms with Crippen LogP contribution in [0.2, 0.25) is 0 Å². The van der Waals surface area contributed by atoms with Gasteiger partial charge < -0.3 is 4.89 Å². The number of fused-ring (bicyclic) bond motifs is 1. The van der Waals surface area contributed by atoms with E-state index in [4.69, 9.17) is 9.78 Å². The third-order valence-corrected chi connectivity index (χ3v) is 1.86. The summed E-state index contributed by atoms with van der Waals surface area (Å²) in [5.74, 6) is 0.609. The number of para-hydroxylation sites is 1. The van der Waals surface area contributed by atoms with Crippen LogP contribution < -0.4 is 4.89 Å². The van der Waals surface area contributed by atoms with E-state index in [9.17, 15) is 4.79 Å². The number of hydrogen-bond acceptors (Lipinski definition) is 4. The summed E-state index contributed by atoms with van der Waals surface area (Å²) in [6.45, 7) is 0.256. The summed E-state index contributed by atoms with van der Waals surface area (Å²) >= 11 is 0. The van der Waals surface area contributed by atoms with Gasteiger partial charge in [-0.1, -0.05) is 18.2 Å². The zero-order valence-corrected chi connectivity index (χ0v) is 6.77. The van der Waals surface area contributed by atoms with Crippen molar-refractivity contribution in [2.45, 2.75) is 6.04 Å². The molecule has 2 rings (SSSR count). The first-order valence-electron chi connectivity index (χ1n) is 3.87. The summed E-state index contributed by atoms with van der Waals surface area (Å²) in [5.41, 5.74) is 0.858. The van der Waals surface area contributed by atoms with Crippen LogP contribution in [0.3, 0.4) is 0 Å². The molecule has 0 N–H and O–H groups in total. The second-order valence-electron chi connectivity index (χ2n) is 2.64. The average Bonchev–Trinajstić information content (AvgIpc) is 2.19. The first-order valence-corrected chi connectivity index (χ1v) is 3.87. The number of benzene rings is 1. The average molecular weight is 177 g/mol. The van der Waals surface area contributed by atoms with Gasteiger partial charge in [0.05, 0.1) is 0 Å². The van der Waals surface area contributed by atoms with Gasteiger partial charge >= 0.3 is 0 Å². The van der Waals surface area contributed by atoms with Gasteiger partial charge in [-0.15, -0.1) is 0 Å². The highest BCUT2D eigenvalue weighted by atomic mass is 17.2. The van der Waals surface area contributed by atoms with Crippen LogP contribution in [0.5, 0.6) is 5.75 Å². The summed E-state index contributed by atoms with van der Waals surface area (Å²) in [4.78, 5) is 23.4. The molecule has 4 heteroatoms. The van der Waals surface area contributed by atoms with Crippen LogP contribution in [-0.2, 0) is 9.68 Å². The van der Waals surface area contributed by atoms with Gasteiger partial charge in [0.1, 0.15) is 12.6 Å². The van der Waals surface area contributed by atoms with Crippen molar-refractivity contribution in [1.82, 2.24) is 0 Å². The maximum atomic E-state index is 10.1. The predicted octanol–water partition coefficient (Wildman–Crippen LogP) is 1.39. The number of nitrogens with zero attached hydrogens (tertiary/aromatic N) is 1. The van der Waals surface area contributed by atoms with Crippen LogP contribution in [-0.4, -0.2) is 12.7 Å². The second kappa shape index (κ2) is 3.39. The van der Waals surface area contributed by atoms with Gasteiger partial charge in [0.2, 0.25) is 6.08 Å². The lowest BCUT2D eigenvalue weighted by Crippen LogP contribution is -2.15. The van der Waals surface area contributed by atoms with Gasteiger partial charge in [-0.25, -0.2) is 4.79 Å². The Morgan fingerprint density at radius 1 is 1.46 bits per heavy atom. The molecule has 1 atom stereocenters. The van der Waals surface area contributed by atoms with Gasteiger partial charge in [0.15, 0.2) is 5.75 Å². The molecule has 1 unspecified atom stereocenters. The Labute approximate surface area is 74.7 Å². The Morgan fingerprint density at radius 2 is 2.31 bits per heavy atom. The minimum atomic E-state index is -0.289.